The highest BCUT2D eigenvalue weighted by Gasteiger charge is 2.34. The first-order valence-corrected chi connectivity index (χ1v) is 6.91. The maximum atomic E-state index is 6.05. The van der Waals surface area contributed by atoms with Crippen molar-refractivity contribution in [2.24, 2.45) is 5.73 Å². The van der Waals surface area contributed by atoms with E-state index >= 15 is 0 Å². The normalized spacial score (nSPS) is 28.1. The van der Waals surface area contributed by atoms with Crippen molar-refractivity contribution in [3.05, 3.63) is 24.2 Å². The quantitative estimate of drug-likeness (QED) is 0.879. The van der Waals surface area contributed by atoms with E-state index in [1.54, 1.807) is 0 Å². The lowest BCUT2D eigenvalue weighted by molar-refractivity contribution is 0.589. The molecule has 94 valence electrons. The van der Waals surface area contributed by atoms with Crippen LogP contribution in [0.2, 0.25) is 0 Å². The molecule has 0 saturated heterocycles. The molecule has 2 aliphatic carbocycles. The molecule has 2 atom stereocenters. The number of pyridine rings is 1. The SMILES string of the molecule is N[C@H]1CC[C@@H](c2nc3cccnc3n2C2CC2)C1. The van der Waals surface area contributed by atoms with Crippen LogP contribution in [0.3, 0.4) is 0 Å². The Balaban J connectivity index is 1.85. The first-order valence-electron chi connectivity index (χ1n) is 6.91. The fraction of sp³-hybridized carbons (Fsp3) is 0.571. The Bertz CT molecular complexity index is 584. The van der Waals surface area contributed by atoms with Crippen molar-refractivity contribution in [1.82, 2.24) is 14.5 Å². The van der Waals surface area contributed by atoms with E-state index in [1.165, 1.54) is 25.1 Å². The number of hydrogen-bond acceptors (Lipinski definition) is 3. The third-order valence-corrected chi connectivity index (χ3v) is 4.23. The standard InChI is InChI=1S/C14H18N4/c15-10-4-3-9(8-10)13-17-12-2-1-7-16-14(12)18(13)11-5-6-11/h1-2,7,9-11H,3-6,8,15H2/t9-,10+/m1/s1. The van der Waals surface area contributed by atoms with E-state index in [0.29, 0.717) is 18.0 Å². The molecule has 18 heavy (non-hydrogen) atoms. The first kappa shape index (κ1) is 10.5. The average Bonchev–Trinajstić information content (AvgIpc) is 3.00. The monoisotopic (exact) mass is 242 g/mol. The minimum absolute atomic E-state index is 0.357. The van der Waals surface area contributed by atoms with E-state index in [0.717, 1.165) is 24.0 Å². The van der Waals surface area contributed by atoms with Gasteiger partial charge < -0.3 is 10.3 Å². The van der Waals surface area contributed by atoms with Crippen molar-refractivity contribution in [3.8, 4) is 0 Å². The minimum atomic E-state index is 0.357. The second-order valence-electron chi connectivity index (χ2n) is 5.69. The molecule has 0 spiro atoms. The molecule has 2 saturated carbocycles. The Morgan fingerprint density at radius 1 is 1.22 bits per heavy atom. The summed E-state index contributed by atoms with van der Waals surface area (Å²) in [5.41, 5.74) is 8.15. The summed E-state index contributed by atoms with van der Waals surface area (Å²) >= 11 is 0. The summed E-state index contributed by atoms with van der Waals surface area (Å²) in [5.74, 6) is 1.77. The molecule has 4 rings (SSSR count). The number of nitrogens with two attached hydrogens (primary N) is 1. The van der Waals surface area contributed by atoms with Crippen molar-refractivity contribution in [2.75, 3.05) is 0 Å². The largest absolute Gasteiger partial charge is 0.328 e. The Labute approximate surface area is 106 Å². The summed E-state index contributed by atoms with van der Waals surface area (Å²) in [5, 5.41) is 0. The Morgan fingerprint density at radius 3 is 2.83 bits per heavy atom. The molecular formula is C14H18N4. The van der Waals surface area contributed by atoms with Gasteiger partial charge in [-0.25, -0.2) is 9.97 Å². The molecule has 2 fully saturated rings. The van der Waals surface area contributed by atoms with Gasteiger partial charge in [0.1, 0.15) is 11.3 Å². The number of aromatic nitrogens is 3. The molecule has 2 N–H and O–H groups in total. The summed E-state index contributed by atoms with van der Waals surface area (Å²) in [6, 6.07) is 5.03. The molecule has 4 heteroatoms. The molecule has 2 aromatic rings. The van der Waals surface area contributed by atoms with Crippen LogP contribution in [0.25, 0.3) is 11.2 Å². The third-order valence-electron chi connectivity index (χ3n) is 4.23. The summed E-state index contributed by atoms with van der Waals surface area (Å²) < 4.78 is 2.39. The highest BCUT2D eigenvalue weighted by atomic mass is 15.2. The number of hydrogen-bond donors (Lipinski definition) is 1. The summed E-state index contributed by atoms with van der Waals surface area (Å²) in [6.45, 7) is 0. The smallest absolute Gasteiger partial charge is 0.160 e. The van der Waals surface area contributed by atoms with Crippen LogP contribution < -0.4 is 5.73 Å². The van der Waals surface area contributed by atoms with Crippen molar-refractivity contribution in [3.63, 3.8) is 0 Å². The van der Waals surface area contributed by atoms with Crippen LogP contribution in [0.15, 0.2) is 18.3 Å². The lowest BCUT2D eigenvalue weighted by Gasteiger charge is -2.12. The zero-order valence-corrected chi connectivity index (χ0v) is 10.4. The van der Waals surface area contributed by atoms with Crippen LogP contribution in [-0.2, 0) is 0 Å². The van der Waals surface area contributed by atoms with Crippen LogP contribution in [0.4, 0.5) is 0 Å². The van der Waals surface area contributed by atoms with Crippen molar-refractivity contribution in [2.45, 2.75) is 50.1 Å². The molecule has 0 aliphatic heterocycles. The van der Waals surface area contributed by atoms with E-state index < -0.39 is 0 Å². The van der Waals surface area contributed by atoms with Gasteiger partial charge in [-0.1, -0.05) is 0 Å². The highest BCUT2D eigenvalue weighted by Crippen LogP contribution is 2.42. The van der Waals surface area contributed by atoms with Crippen molar-refractivity contribution < 1.29 is 0 Å². The number of rotatable bonds is 2. The predicted octanol–water partition coefficient (Wildman–Crippen LogP) is 2.36. The first-order chi connectivity index (χ1) is 8.83. The lowest BCUT2D eigenvalue weighted by atomic mass is 10.1. The van der Waals surface area contributed by atoms with Crippen LogP contribution in [0.5, 0.6) is 0 Å². The van der Waals surface area contributed by atoms with E-state index in [2.05, 4.69) is 15.6 Å². The Morgan fingerprint density at radius 2 is 2.11 bits per heavy atom. The molecule has 0 bridgehead atoms. The Kier molecular flexibility index (Phi) is 2.21. The second-order valence-corrected chi connectivity index (χ2v) is 5.69. The zero-order valence-electron chi connectivity index (χ0n) is 10.4. The molecule has 0 unspecified atom stereocenters. The van der Waals surface area contributed by atoms with Gasteiger partial charge in [-0.3, -0.25) is 0 Å². The van der Waals surface area contributed by atoms with Gasteiger partial charge in [0.15, 0.2) is 5.65 Å². The maximum absolute atomic E-state index is 6.05. The van der Waals surface area contributed by atoms with Gasteiger partial charge in [-0.2, -0.15) is 0 Å². The summed E-state index contributed by atoms with van der Waals surface area (Å²) in [6.07, 6.45) is 7.80. The molecule has 0 radical (unpaired) electrons. The number of nitrogens with zero attached hydrogens (tertiary/aromatic N) is 3. The summed E-state index contributed by atoms with van der Waals surface area (Å²) in [4.78, 5) is 9.36. The third kappa shape index (κ3) is 1.56. The number of fused-ring (bicyclic) bond motifs is 1. The van der Waals surface area contributed by atoms with Crippen LogP contribution >= 0.6 is 0 Å². The lowest BCUT2D eigenvalue weighted by Crippen LogP contribution is -2.15. The minimum Gasteiger partial charge on any atom is -0.328 e. The number of imidazole rings is 1. The fourth-order valence-corrected chi connectivity index (χ4v) is 3.18. The van der Waals surface area contributed by atoms with Gasteiger partial charge in [-0.05, 0) is 44.2 Å². The molecular weight excluding hydrogens is 224 g/mol. The predicted molar refractivity (Wildman–Crippen MR) is 70.4 cm³/mol. The van der Waals surface area contributed by atoms with Gasteiger partial charge >= 0.3 is 0 Å². The van der Waals surface area contributed by atoms with Crippen molar-refractivity contribution in [1.29, 1.82) is 0 Å². The van der Waals surface area contributed by atoms with E-state index in [4.69, 9.17) is 10.7 Å². The average molecular weight is 242 g/mol. The molecule has 4 nitrogen and oxygen atoms in total. The van der Waals surface area contributed by atoms with E-state index in [1.807, 2.05) is 12.3 Å². The van der Waals surface area contributed by atoms with Gasteiger partial charge in [-0.15, -0.1) is 0 Å². The molecule has 2 aliphatic rings. The van der Waals surface area contributed by atoms with Crippen LogP contribution in [-0.4, -0.2) is 20.6 Å². The molecule has 0 amide bonds. The van der Waals surface area contributed by atoms with E-state index in [9.17, 15) is 0 Å². The summed E-state index contributed by atoms with van der Waals surface area (Å²) in [7, 11) is 0. The topological polar surface area (TPSA) is 56.7 Å². The second kappa shape index (κ2) is 3.79. The fourth-order valence-electron chi connectivity index (χ4n) is 3.18. The molecule has 0 aromatic carbocycles. The Hall–Kier alpha value is -1.42. The van der Waals surface area contributed by atoms with Crippen LogP contribution in [0.1, 0.15) is 49.9 Å². The molecule has 2 aromatic heterocycles. The van der Waals surface area contributed by atoms with Crippen molar-refractivity contribution >= 4 is 11.2 Å². The zero-order chi connectivity index (χ0) is 12.1. The van der Waals surface area contributed by atoms with Gasteiger partial charge in [0, 0.05) is 24.2 Å². The maximum Gasteiger partial charge on any atom is 0.160 e. The van der Waals surface area contributed by atoms with Gasteiger partial charge in [0.2, 0.25) is 0 Å². The van der Waals surface area contributed by atoms with E-state index in [-0.39, 0.29) is 0 Å². The van der Waals surface area contributed by atoms with Crippen LogP contribution in [0, 0.1) is 0 Å². The van der Waals surface area contributed by atoms with Gasteiger partial charge in [0.05, 0.1) is 0 Å². The molecule has 2 heterocycles. The highest BCUT2D eigenvalue weighted by molar-refractivity contribution is 5.71. The van der Waals surface area contributed by atoms with Gasteiger partial charge in [0.25, 0.3) is 0 Å².